The number of hydrogen-bond acceptors (Lipinski definition) is 3. The van der Waals surface area contributed by atoms with Crippen molar-refractivity contribution < 1.29 is 42.8 Å². The molecule has 0 atom stereocenters. The first-order valence-corrected chi connectivity index (χ1v) is 14.6. The molecule has 0 fully saturated rings. The van der Waals surface area contributed by atoms with Crippen molar-refractivity contribution >= 4 is 11.6 Å². The highest BCUT2D eigenvalue weighted by molar-refractivity contribution is 5.91. The van der Waals surface area contributed by atoms with E-state index in [9.17, 15) is 4.79 Å². The molecule has 0 N–H and O–H groups in total. The van der Waals surface area contributed by atoms with Gasteiger partial charge in [0.05, 0.1) is 20.3 Å². The fraction of sp³-hybridized carbons (Fsp3) is 0.625. The third-order valence-electron chi connectivity index (χ3n) is 6.98. The molecule has 0 unspecified atom stereocenters. The van der Waals surface area contributed by atoms with E-state index in [1.54, 1.807) is 18.9 Å². The van der Waals surface area contributed by atoms with Gasteiger partial charge in [-0.1, -0.05) is 90.4 Å². The van der Waals surface area contributed by atoms with Gasteiger partial charge in [-0.25, -0.2) is 4.57 Å². The summed E-state index contributed by atoms with van der Waals surface area (Å²) in [5.41, 5.74) is 1.88. The van der Waals surface area contributed by atoms with Crippen molar-refractivity contribution in [3.05, 3.63) is 48.3 Å². The standard InChI is InChI=1S/C32H51N2O3.HI/c1-5-6-7-8-9-10-11-12-13-14-15-16-17-18-25-37-31-20-19-30(26-32(31)36-4)34(28(2)35)27-29-21-23-33(3)24-22-29;/h19-24,26H,5-18,25,27H2,1-4H3;1H/q+1;/p-1. The van der Waals surface area contributed by atoms with Gasteiger partial charge in [-0.3, -0.25) is 4.79 Å². The molecule has 0 saturated carbocycles. The number of anilines is 1. The Hall–Kier alpha value is -1.83. The third kappa shape index (κ3) is 13.8. The van der Waals surface area contributed by atoms with E-state index < -0.39 is 0 Å². The van der Waals surface area contributed by atoms with Crippen LogP contribution < -0.4 is 42.9 Å². The highest BCUT2D eigenvalue weighted by Gasteiger charge is 2.16. The summed E-state index contributed by atoms with van der Waals surface area (Å²) < 4.78 is 13.6. The minimum absolute atomic E-state index is 0. The maximum absolute atomic E-state index is 12.4. The fourth-order valence-electron chi connectivity index (χ4n) is 4.63. The molecule has 214 valence electrons. The molecule has 38 heavy (non-hydrogen) atoms. The summed E-state index contributed by atoms with van der Waals surface area (Å²) in [6.45, 7) is 5.07. The SMILES string of the molecule is CCCCCCCCCCCCCCCCOc1ccc(N(Cc2cc[n+](C)cc2)C(C)=O)cc1OC.[I-]. The average molecular weight is 639 g/mol. The Morgan fingerprint density at radius 1 is 0.789 bits per heavy atom. The van der Waals surface area contributed by atoms with Crippen LogP contribution in [0.1, 0.15) is 109 Å². The van der Waals surface area contributed by atoms with Gasteiger partial charge < -0.3 is 38.4 Å². The Morgan fingerprint density at radius 3 is 1.82 bits per heavy atom. The minimum atomic E-state index is -0.00800. The first-order chi connectivity index (χ1) is 18.0. The van der Waals surface area contributed by atoms with E-state index >= 15 is 0 Å². The number of carbonyl (C=O) groups is 1. The zero-order chi connectivity index (χ0) is 26.7. The lowest BCUT2D eigenvalue weighted by Crippen LogP contribution is -3.00. The summed E-state index contributed by atoms with van der Waals surface area (Å²) >= 11 is 0. The van der Waals surface area contributed by atoms with Gasteiger partial charge in [0.15, 0.2) is 23.9 Å². The third-order valence-corrected chi connectivity index (χ3v) is 6.98. The van der Waals surface area contributed by atoms with E-state index in [0.29, 0.717) is 18.9 Å². The highest BCUT2D eigenvalue weighted by atomic mass is 127. The molecule has 0 saturated heterocycles. The summed E-state index contributed by atoms with van der Waals surface area (Å²) in [5, 5.41) is 0. The van der Waals surface area contributed by atoms with Crippen molar-refractivity contribution in [2.24, 2.45) is 7.05 Å². The number of pyridine rings is 1. The second-order valence-electron chi connectivity index (χ2n) is 10.3. The monoisotopic (exact) mass is 638 g/mol. The number of aryl methyl sites for hydroxylation is 1. The Bertz CT molecular complexity index is 889. The van der Waals surface area contributed by atoms with E-state index in [-0.39, 0.29) is 29.9 Å². The molecule has 6 heteroatoms. The number of amides is 1. The quantitative estimate of drug-likeness (QED) is 0.117. The van der Waals surface area contributed by atoms with Gasteiger partial charge in [0.1, 0.15) is 7.05 Å². The van der Waals surface area contributed by atoms with Gasteiger partial charge in [-0.2, -0.15) is 0 Å². The zero-order valence-corrected chi connectivity index (χ0v) is 26.5. The predicted octanol–water partition coefficient (Wildman–Crippen LogP) is 4.94. The lowest BCUT2D eigenvalue weighted by molar-refractivity contribution is -0.671. The molecule has 0 spiro atoms. The molecule has 0 aliphatic carbocycles. The van der Waals surface area contributed by atoms with Crippen LogP contribution in [0, 0.1) is 0 Å². The number of halogens is 1. The molecule has 5 nitrogen and oxygen atoms in total. The number of ether oxygens (including phenoxy) is 2. The van der Waals surface area contributed by atoms with Crippen LogP contribution >= 0.6 is 0 Å². The van der Waals surface area contributed by atoms with Crippen LogP contribution in [-0.2, 0) is 18.4 Å². The van der Waals surface area contributed by atoms with E-state index in [0.717, 1.165) is 23.4 Å². The summed E-state index contributed by atoms with van der Waals surface area (Å²) in [5.74, 6) is 1.39. The van der Waals surface area contributed by atoms with Gasteiger partial charge in [0, 0.05) is 30.8 Å². The van der Waals surface area contributed by atoms with Crippen molar-refractivity contribution in [1.29, 1.82) is 0 Å². The summed E-state index contributed by atoms with van der Waals surface area (Å²) in [4.78, 5) is 14.1. The summed E-state index contributed by atoms with van der Waals surface area (Å²) in [7, 11) is 3.63. The van der Waals surface area contributed by atoms with Crippen molar-refractivity contribution in [3.8, 4) is 11.5 Å². The maximum Gasteiger partial charge on any atom is 0.224 e. The topological polar surface area (TPSA) is 42.7 Å². The predicted molar refractivity (Wildman–Crippen MR) is 153 cm³/mol. The van der Waals surface area contributed by atoms with Crippen molar-refractivity contribution in [3.63, 3.8) is 0 Å². The largest absolute Gasteiger partial charge is 1.00 e. The minimum Gasteiger partial charge on any atom is -1.00 e. The van der Waals surface area contributed by atoms with Crippen LogP contribution in [0.5, 0.6) is 11.5 Å². The Balaban J connectivity index is 0.00000722. The Kier molecular flexibility index (Phi) is 18.9. The number of rotatable bonds is 20. The number of unbranched alkanes of at least 4 members (excludes halogenated alkanes) is 13. The second kappa shape index (κ2) is 21.0. The van der Waals surface area contributed by atoms with Crippen molar-refractivity contribution in [2.45, 2.75) is 110 Å². The molecule has 1 amide bonds. The number of aromatic nitrogens is 1. The molecule has 0 bridgehead atoms. The molecular weight excluding hydrogens is 587 g/mol. The van der Waals surface area contributed by atoms with Gasteiger partial charge in [0.2, 0.25) is 5.91 Å². The molecule has 0 radical (unpaired) electrons. The first kappa shape index (κ1) is 34.2. The molecular formula is C32H51IN2O3. The van der Waals surface area contributed by atoms with Gasteiger partial charge in [0.25, 0.3) is 0 Å². The first-order valence-electron chi connectivity index (χ1n) is 14.6. The molecule has 2 rings (SSSR count). The lowest BCUT2D eigenvalue weighted by atomic mass is 10.0. The highest BCUT2D eigenvalue weighted by Crippen LogP contribution is 2.32. The molecule has 1 aromatic carbocycles. The normalized spacial score (nSPS) is 10.6. The smallest absolute Gasteiger partial charge is 0.224 e. The summed E-state index contributed by atoms with van der Waals surface area (Å²) in [6.07, 6.45) is 22.8. The van der Waals surface area contributed by atoms with Crippen LogP contribution in [0.25, 0.3) is 0 Å². The Morgan fingerprint density at radius 2 is 1.32 bits per heavy atom. The molecule has 1 heterocycles. The molecule has 0 aliphatic heterocycles. The van der Waals surface area contributed by atoms with Crippen LogP contribution in [0.15, 0.2) is 42.7 Å². The zero-order valence-electron chi connectivity index (χ0n) is 24.4. The van der Waals surface area contributed by atoms with Crippen LogP contribution in [0.3, 0.4) is 0 Å². The number of hydrogen-bond donors (Lipinski definition) is 0. The molecule has 2 aromatic rings. The van der Waals surface area contributed by atoms with Crippen LogP contribution in [-0.4, -0.2) is 19.6 Å². The van der Waals surface area contributed by atoms with E-state index in [2.05, 4.69) is 6.92 Å². The van der Waals surface area contributed by atoms with Crippen molar-refractivity contribution in [1.82, 2.24) is 0 Å². The molecule has 1 aromatic heterocycles. The van der Waals surface area contributed by atoms with Crippen molar-refractivity contribution in [2.75, 3.05) is 18.6 Å². The maximum atomic E-state index is 12.4. The van der Waals surface area contributed by atoms with E-state index in [4.69, 9.17) is 9.47 Å². The van der Waals surface area contributed by atoms with E-state index in [1.165, 1.54) is 83.5 Å². The number of nitrogens with zero attached hydrogens (tertiary/aromatic N) is 2. The van der Waals surface area contributed by atoms with Crippen LogP contribution in [0.2, 0.25) is 0 Å². The van der Waals surface area contributed by atoms with Gasteiger partial charge >= 0.3 is 0 Å². The Labute approximate surface area is 249 Å². The van der Waals surface area contributed by atoms with E-state index in [1.807, 2.05) is 54.3 Å². The lowest BCUT2D eigenvalue weighted by Gasteiger charge is -2.22. The van der Waals surface area contributed by atoms with Crippen LogP contribution in [0.4, 0.5) is 5.69 Å². The second-order valence-corrected chi connectivity index (χ2v) is 10.3. The average Bonchev–Trinajstić information content (AvgIpc) is 2.90. The number of methoxy groups -OCH3 is 1. The molecule has 0 aliphatic rings. The number of benzene rings is 1. The number of carbonyl (C=O) groups excluding carboxylic acids is 1. The van der Waals surface area contributed by atoms with Gasteiger partial charge in [-0.15, -0.1) is 0 Å². The fourth-order valence-corrected chi connectivity index (χ4v) is 4.63. The summed E-state index contributed by atoms with van der Waals surface area (Å²) in [6, 6.07) is 9.81. The van der Waals surface area contributed by atoms with Gasteiger partial charge in [-0.05, 0) is 24.1 Å².